The van der Waals surface area contributed by atoms with E-state index >= 15 is 0 Å². The van der Waals surface area contributed by atoms with E-state index in [-0.39, 0.29) is 25.0 Å². The van der Waals surface area contributed by atoms with Crippen molar-refractivity contribution in [2.24, 2.45) is 5.92 Å². The first-order valence-electron chi connectivity index (χ1n) is 6.36. The summed E-state index contributed by atoms with van der Waals surface area (Å²) in [6.07, 6.45) is 1.64. The minimum Gasteiger partial charge on any atom is -0.480 e. The molecule has 3 atom stereocenters. The first-order valence-corrected chi connectivity index (χ1v) is 6.36. The highest BCUT2D eigenvalue weighted by atomic mass is 16.4. The molecule has 6 heteroatoms. The van der Waals surface area contributed by atoms with Gasteiger partial charge in [-0.05, 0) is 25.7 Å². The number of hydrogen-bond donors (Lipinski definition) is 2. The van der Waals surface area contributed by atoms with Crippen LogP contribution in [0.4, 0.5) is 4.79 Å². The monoisotopic (exact) mass is 256 g/mol. The lowest BCUT2D eigenvalue weighted by Gasteiger charge is -2.31. The third-order valence-electron chi connectivity index (χ3n) is 4.03. The minimum atomic E-state index is -1.05. The summed E-state index contributed by atoms with van der Waals surface area (Å²) < 4.78 is 0. The molecule has 1 aliphatic heterocycles. The van der Waals surface area contributed by atoms with Gasteiger partial charge in [0.1, 0.15) is 6.04 Å². The number of aliphatic hydroxyl groups is 1. The molecule has 2 aliphatic rings. The molecule has 18 heavy (non-hydrogen) atoms. The van der Waals surface area contributed by atoms with Crippen LogP contribution in [0.5, 0.6) is 0 Å². The third kappa shape index (κ3) is 2.43. The third-order valence-corrected chi connectivity index (χ3v) is 4.03. The summed E-state index contributed by atoms with van der Waals surface area (Å²) >= 11 is 0. The van der Waals surface area contributed by atoms with Crippen molar-refractivity contribution in [1.82, 2.24) is 9.80 Å². The van der Waals surface area contributed by atoms with E-state index in [4.69, 9.17) is 5.11 Å². The zero-order valence-corrected chi connectivity index (χ0v) is 10.7. The van der Waals surface area contributed by atoms with Gasteiger partial charge >= 0.3 is 12.0 Å². The SMILES string of the molecule is CC(C1CC1)N(C)C(=O)N1CC(O)CC1C(=O)O. The normalized spacial score (nSPS) is 29.2. The van der Waals surface area contributed by atoms with Gasteiger partial charge in [-0.25, -0.2) is 9.59 Å². The number of carbonyl (C=O) groups is 2. The van der Waals surface area contributed by atoms with Crippen LogP contribution in [0.2, 0.25) is 0 Å². The van der Waals surface area contributed by atoms with E-state index in [0.29, 0.717) is 5.92 Å². The maximum atomic E-state index is 12.3. The van der Waals surface area contributed by atoms with E-state index in [1.165, 1.54) is 4.90 Å². The van der Waals surface area contributed by atoms with E-state index in [1.54, 1.807) is 11.9 Å². The molecule has 6 nitrogen and oxygen atoms in total. The molecule has 0 radical (unpaired) electrons. The molecule has 2 rings (SSSR count). The number of urea groups is 1. The molecular weight excluding hydrogens is 236 g/mol. The van der Waals surface area contributed by atoms with Crippen molar-refractivity contribution < 1.29 is 19.8 Å². The summed E-state index contributed by atoms with van der Waals surface area (Å²) in [4.78, 5) is 26.2. The molecule has 0 aromatic rings. The van der Waals surface area contributed by atoms with Crippen molar-refractivity contribution in [3.8, 4) is 0 Å². The van der Waals surface area contributed by atoms with Gasteiger partial charge < -0.3 is 20.0 Å². The summed E-state index contributed by atoms with van der Waals surface area (Å²) in [5.74, 6) is -0.512. The second-order valence-electron chi connectivity index (χ2n) is 5.37. The van der Waals surface area contributed by atoms with E-state index in [1.807, 2.05) is 6.92 Å². The van der Waals surface area contributed by atoms with Crippen LogP contribution >= 0.6 is 0 Å². The Morgan fingerprint density at radius 3 is 2.50 bits per heavy atom. The number of likely N-dealkylation sites (tertiary alicyclic amines) is 1. The summed E-state index contributed by atoms with van der Waals surface area (Å²) in [6.45, 7) is 2.09. The zero-order chi connectivity index (χ0) is 13.4. The lowest BCUT2D eigenvalue weighted by atomic mass is 10.2. The topological polar surface area (TPSA) is 81.1 Å². The standard InChI is InChI=1S/C12H20N2O4/c1-7(8-3-4-8)13(2)12(18)14-6-9(15)5-10(14)11(16)17/h7-10,15H,3-6H2,1-2H3,(H,16,17). The number of carbonyl (C=O) groups excluding carboxylic acids is 1. The van der Waals surface area contributed by atoms with Crippen molar-refractivity contribution in [3.63, 3.8) is 0 Å². The van der Waals surface area contributed by atoms with Crippen molar-refractivity contribution in [2.75, 3.05) is 13.6 Å². The average molecular weight is 256 g/mol. The molecule has 102 valence electrons. The van der Waals surface area contributed by atoms with Crippen molar-refractivity contribution >= 4 is 12.0 Å². The van der Waals surface area contributed by atoms with Gasteiger partial charge in [-0.1, -0.05) is 0 Å². The van der Waals surface area contributed by atoms with Gasteiger partial charge in [0, 0.05) is 26.1 Å². The molecule has 2 fully saturated rings. The summed E-state index contributed by atoms with van der Waals surface area (Å²) in [5, 5.41) is 18.6. The molecule has 2 N–H and O–H groups in total. The van der Waals surface area contributed by atoms with Crippen molar-refractivity contribution in [3.05, 3.63) is 0 Å². The summed E-state index contributed by atoms with van der Waals surface area (Å²) in [5.41, 5.74) is 0. The maximum absolute atomic E-state index is 12.3. The van der Waals surface area contributed by atoms with Crippen LogP contribution < -0.4 is 0 Å². The van der Waals surface area contributed by atoms with Gasteiger partial charge in [-0.15, -0.1) is 0 Å². The van der Waals surface area contributed by atoms with Crippen LogP contribution in [0.1, 0.15) is 26.2 Å². The fourth-order valence-corrected chi connectivity index (χ4v) is 2.53. The predicted octanol–water partition coefficient (Wildman–Crippen LogP) is 0.357. The number of aliphatic carboxylic acids is 1. The Bertz CT molecular complexity index is 356. The quantitative estimate of drug-likeness (QED) is 0.763. The number of carboxylic acid groups (broad SMARTS) is 1. The van der Waals surface area contributed by atoms with E-state index < -0.39 is 18.1 Å². The van der Waals surface area contributed by atoms with E-state index in [0.717, 1.165) is 12.8 Å². The predicted molar refractivity (Wildman–Crippen MR) is 64.1 cm³/mol. The highest BCUT2D eigenvalue weighted by Crippen LogP contribution is 2.35. The number of aliphatic hydroxyl groups excluding tert-OH is 1. The fraction of sp³-hybridized carbons (Fsp3) is 0.833. The van der Waals surface area contributed by atoms with Gasteiger partial charge in [-0.2, -0.15) is 0 Å². The van der Waals surface area contributed by atoms with Gasteiger partial charge in [0.05, 0.1) is 6.10 Å². The number of hydrogen-bond acceptors (Lipinski definition) is 3. The number of rotatable bonds is 3. The van der Waals surface area contributed by atoms with Crippen LogP contribution in [0.15, 0.2) is 0 Å². The van der Waals surface area contributed by atoms with Gasteiger partial charge in [-0.3, -0.25) is 0 Å². The van der Waals surface area contributed by atoms with Crippen LogP contribution in [0, 0.1) is 5.92 Å². The Kier molecular flexibility index (Phi) is 3.47. The number of carboxylic acids is 1. The molecule has 0 aromatic heterocycles. The second-order valence-corrected chi connectivity index (χ2v) is 5.37. The highest BCUT2D eigenvalue weighted by Gasteiger charge is 2.42. The van der Waals surface area contributed by atoms with Gasteiger partial charge in [0.25, 0.3) is 0 Å². The molecule has 1 saturated heterocycles. The Balaban J connectivity index is 2.04. The second kappa shape index (κ2) is 4.76. The average Bonchev–Trinajstić information content (AvgIpc) is 3.09. The Morgan fingerprint density at radius 2 is 2.00 bits per heavy atom. The first-order chi connectivity index (χ1) is 8.41. The van der Waals surface area contributed by atoms with Gasteiger partial charge in [0.15, 0.2) is 0 Å². The van der Waals surface area contributed by atoms with E-state index in [9.17, 15) is 14.7 Å². The zero-order valence-electron chi connectivity index (χ0n) is 10.7. The first kappa shape index (κ1) is 13.1. The van der Waals surface area contributed by atoms with Crippen LogP contribution in [-0.4, -0.2) is 63.8 Å². The lowest BCUT2D eigenvalue weighted by molar-refractivity contribution is -0.141. The lowest BCUT2D eigenvalue weighted by Crippen LogP contribution is -2.49. The molecular formula is C12H20N2O4. The largest absolute Gasteiger partial charge is 0.480 e. The minimum absolute atomic E-state index is 0.109. The van der Waals surface area contributed by atoms with Gasteiger partial charge in [0.2, 0.25) is 0 Å². The Hall–Kier alpha value is -1.30. The molecule has 0 spiro atoms. The molecule has 1 aliphatic carbocycles. The summed E-state index contributed by atoms with van der Waals surface area (Å²) in [7, 11) is 1.70. The van der Waals surface area contributed by atoms with Crippen molar-refractivity contribution in [2.45, 2.75) is 44.4 Å². The molecule has 1 heterocycles. The van der Waals surface area contributed by atoms with Crippen LogP contribution in [0.25, 0.3) is 0 Å². The molecule has 1 saturated carbocycles. The number of amides is 2. The van der Waals surface area contributed by atoms with Crippen LogP contribution in [-0.2, 0) is 4.79 Å². The van der Waals surface area contributed by atoms with Crippen molar-refractivity contribution in [1.29, 1.82) is 0 Å². The molecule has 3 unspecified atom stereocenters. The Labute approximate surface area is 106 Å². The molecule has 0 bridgehead atoms. The van der Waals surface area contributed by atoms with Crippen LogP contribution in [0.3, 0.4) is 0 Å². The molecule has 0 aromatic carbocycles. The fourth-order valence-electron chi connectivity index (χ4n) is 2.53. The number of nitrogens with zero attached hydrogens (tertiary/aromatic N) is 2. The number of β-amino-alcohol motifs (C(OH)–C–C–N with tert-alkyl or cyclic N) is 1. The highest BCUT2D eigenvalue weighted by molar-refractivity contribution is 5.83. The summed E-state index contributed by atoms with van der Waals surface area (Å²) in [6, 6.07) is -1.07. The smallest absolute Gasteiger partial charge is 0.326 e. The maximum Gasteiger partial charge on any atom is 0.326 e. The Morgan fingerprint density at radius 1 is 1.39 bits per heavy atom. The van der Waals surface area contributed by atoms with E-state index in [2.05, 4.69) is 0 Å². The molecule has 2 amide bonds.